The van der Waals surface area contributed by atoms with Gasteiger partial charge in [-0.25, -0.2) is 8.42 Å². The molecule has 1 N–H and O–H groups in total. The monoisotopic (exact) mass is 404 g/mol. The van der Waals surface area contributed by atoms with E-state index < -0.39 is 15.9 Å². The van der Waals surface area contributed by atoms with E-state index in [0.717, 1.165) is 12.8 Å². The third-order valence-corrected chi connectivity index (χ3v) is 6.46. The van der Waals surface area contributed by atoms with Crippen molar-refractivity contribution in [1.29, 1.82) is 0 Å². The number of rotatable bonds is 7. The summed E-state index contributed by atoms with van der Waals surface area (Å²) >= 11 is 0. The summed E-state index contributed by atoms with van der Waals surface area (Å²) < 4.78 is 38.1. The molecule has 0 saturated carbocycles. The van der Waals surface area contributed by atoms with Gasteiger partial charge in [-0.3, -0.25) is 4.79 Å². The second-order valence-electron chi connectivity index (χ2n) is 6.39. The van der Waals surface area contributed by atoms with Gasteiger partial charge in [0.1, 0.15) is 16.4 Å². The molecule has 1 fully saturated rings. The molecule has 150 valence electrons. The molecular formula is C20H24N2O5S. The molecule has 3 rings (SSSR count). The summed E-state index contributed by atoms with van der Waals surface area (Å²) in [6, 6.07) is 11.4. The number of benzene rings is 2. The Morgan fingerprint density at radius 2 is 1.79 bits per heavy atom. The van der Waals surface area contributed by atoms with Crippen molar-refractivity contribution in [2.75, 3.05) is 32.1 Å². The smallest absolute Gasteiger partial charge is 0.255 e. The molecule has 28 heavy (non-hydrogen) atoms. The highest BCUT2D eigenvalue weighted by molar-refractivity contribution is 7.89. The largest absolute Gasteiger partial charge is 0.497 e. The van der Waals surface area contributed by atoms with Gasteiger partial charge in [-0.05, 0) is 62.2 Å². The number of nitrogens with zero attached hydrogens (tertiary/aromatic N) is 1. The minimum absolute atomic E-state index is 0.0265. The number of sulfonamides is 1. The first-order chi connectivity index (χ1) is 13.5. The van der Waals surface area contributed by atoms with Crippen molar-refractivity contribution >= 4 is 21.6 Å². The first-order valence-electron chi connectivity index (χ1n) is 9.18. The molecule has 2 aromatic carbocycles. The Bertz CT molecular complexity index is 936. The first-order valence-corrected chi connectivity index (χ1v) is 10.6. The molecule has 0 aliphatic carbocycles. The Labute approximate surface area is 165 Å². The predicted octanol–water partition coefficient (Wildman–Crippen LogP) is 3.13. The summed E-state index contributed by atoms with van der Waals surface area (Å²) in [5.41, 5.74) is 0.834. The average Bonchev–Trinajstić information content (AvgIpc) is 3.25. The Hall–Kier alpha value is -2.58. The van der Waals surface area contributed by atoms with Crippen LogP contribution in [-0.2, 0) is 10.0 Å². The number of ether oxygens (including phenoxy) is 2. The zero-order chi connectivity index (χ0) is 20.1. The van der Waals surface area contributed by atoms with Gasteiger partial charge in [-0.2, -0.15) is 4.31 Å². The number of anilines is 1. The van der Waals surface area contributed by atoms with Gasteiger partial charge in [0, 0.05) is 24.3 Å². The van der Waals surface area contributed by atoms with E-state index >= 15 is 0 Å². The lowest BCUT2D eigenvalue weighted by atomic mass is 10.2. The van der Waals surface area contributed by atoms with Crippen molar-refractivity contribution in [2.24, 2.45) is 0 Å². The Morgan fingerprint density at radius 1 is 1.11 bits per heavy atom. The van der Waals surface area contributed by atoms with Gasteiger partial charge in [0.2, 0.25) is 10.0 Å². The molecule has 1 heterocycles. The van der Waals surface area contributed by atoms with E-state index in [0.29, 0.717) is 31.1 Å². The molecule has 0 unspecified atom stereocenters. The van der Waals surface area contributed by atoms with Crippen LogP contribution in [0.4, 0.5) is 5.69 Å². The summed E-state index contributed by atoms with van der Waals surface area (Å²) in [6.45, 7) is 3.09. The molecule has 1 aliphatic heterocycles. The molecule has 2 aromatic rings. The Kier molecular flexibility index (Phi) is 6.21. The number of methoxy groups -OCH3 is 1. The van der Waals surface area contributed by atoms with Gasteiger partial charge in [-0.1, -0.05) is 0 Å². The molecule has 1 saturated heterocycles. The van der Waals surface area contributed by atoms with Crippen molar-refractivity contribution in [3.8, 4) is 11.5 Å². The minimum Gasteiger partial charge on any atom is -0.497 e. The van der Waals surface area contributed by atoms with Crippen LogP contribution in [0.25, 0.3) is 0 Å². The lowest BCUT2D eigenvalue weighted by molar-refractivity contribution is 0.102. The normalized spacial score (nSPS) is 14.6. The van der Waals surface area contributed by atoms with Crippen molar-refractivity contribution in [1.82, 2.24) is 4.31 Å². The van der Waals surface area contributed by atoms with Gasteiger partial charge < -0.3 is 14.8 Å². The standard InChI is InChI=1S/C20H24N2O5S/c1-3-27-18-11-6-15(14-19(18)28(24,25)22-12-4-5-13-22)20(23)21-16-7-9-17(26-2)10-8-16/h6-11,14H,3-5,12-13H2,1-2H3,(H,21,23). The third kappa shape index (κ3) is 4.28. The van der Waals surface area contributed by atoms with Crippen LogP contribution in [0, 0.1) is 0 Å². The van der Waals surface area contributed by atoms with Crippen LogP contribution in [0.5, 0.6) is 11.5 Å². The molecule has 0 spiro atoms. The quantitative estimate of drug-likeness (QED) is 0.766. The van der Waals surface area contributed by atoms with E-state index in [1.807, 2.05) is 0 Å². The number of nitrogens with one attached hydrogen (secondary N) is 1. The molecule has 0 atom stereocenters. The van der Waals surface area contributed by atoms with Crippen LogP contribution in [0.15, 0.2) is 47.4 Å². The molecule has 7 nitrogen and oxygen atoms in total. The minimum atomic E-state index is -3.72. The number of carbonyl (C=O) groups excluding carboxylic acids is 1. The van der Waals surface area contributed by atoms with Gasteiger partial charge in [-0.15, -0.1) is 0 Å². The van der Waals surface area contributed by atoms with Crippen molar-refractivity contribution in [3.05, 3.63) is 48.0 Å². The fourth-order valence-corrected chi connectivity index (χ4v) is 4.75. The maximum absolute atomic E-state index is 13.0. The third-order valence-electron chi connectivity index (χ3n) is 4.54. The number of amides is 1. The maximum atomic E-state index is 13.0. The van der Waals surface area contributed by atoms with Crippen molar-refractivity contribution in [3.63, 3.8) is 0 Å². The van der Waals surface area contributed by atoms with Crippen LogP contribution in [0.2, 0.25) is 0 Å². The van der Waals surface area contributed by atoms with E-state index in [9.17, 15) is 13.2 Å². The molecule has 1 aliphatic rings. The molecule has 0 aromatic heterocycles. The van der Waals surface area contributed by atoms with Gasteiger partial charge >= 0.3 is 0 Å². The molecule has 0 radical (unpaired) electrons. The van der Waals surface area contributed by atoms with E-state index in [1.54, 1.807) is 44.4 Å². The lowest BCUT2D eigenvalue weighted by Gasteiger charge is -2.19. The topological polar surface area (TPSA) is 84.9 Å². The predicted molar refractivity (Wildman–Crippen MR) is 107 cm³/mol. The van der Waals surface area contributed by atoms with Crippen LogP contribution in [0.1, 0.15) is 30.1 Å². The summed E-state index contributed by atoms with van der Waals surface area (Å²) in [5, 5.41) is 2.77. The van der Waals surface area contributed by atoms with Crippen molar-refractivity contribution in [2.45, 2.75) is 24.7 Å². The molecule has 0 bridgehead atoms. The molecule has 8 heteroatoms. The van der Waals surface area contributed by atoms with Gasteiger partial charge in [0.05, 0.1) is 13.7 Å². The van der Waals surface area contributed by atoms with E-state index in [-0.39, 0.29) is 16.2 Å². The zero-order valence-corrected chi connectivity index (χ0v) is 16.8. The number of hydrogen-bond donors (Lipinski definition) is 1. The Balaban J connectivity index is 1.90. The SMILES string of the molecule is CCOc1ccc(C(=O)Nc2ccc(OC)cc2)cc1S(=O)(=O)N1CCCC1. The second kappa shape index (κ2) is 8.62. The average molecular weight is 404 g/mol. The summed E-state index contributed by atoms with van der Waals surface area (Å²) in [4.78, 5) is 12.7. The van der Waals surface area contributed by atoms with E-state index in [4.69, 9.17) is 9.47 Å². The fourth-order valence-electron chi connectivity index (χ4n) is 3.07. The summed E-state index contributed by atoms with van der Waals surface area (Å²) in [6.07, 6.45) is 1.67. The summed E-state index contributed by atoms with van der Waals surface area (Å²) in [7, 11) is -2.15. The van der Waals surface area contributed by atoms with Crippen LogP contribution in [-0.4, -0.2) is 45.4 Å². The maximum Gasteiger partial charge on any atom is 0.255 e. The molecule has 1 amide bonds. The van der Waals surface area contributed by atoms with E-state index in [1.165, 1.54) is 16.4 Å². The highest BCUT2D eigenvalue weighted by Crippen LogP contribution is 2.30. The van der Waals surface area contributed by atoms with E-state index in [2.05, 4.69) is 5.32 Å². The first kappa shape index (κ1) is 20.2. The van der Waals surface area contributed by atoms with Gasteiger partial charge in [0.15, 0.2) is 0 Å². The second-order valence-corrected chi connectivity index (χ2v) is 8.29. The fraction of sp³-hybridized carbons (Fsp3) is 0.350. The number of carbonyl (C=O) groups is 1. The zero-order valence-electron chi connectivity index (χ0n) is 16.0. The van der Waals surface area contributed by atoms with Crippen LogP contribution < -0.4 is 14.8 Å². The van der Waals surface area contributed by atoms with Crippen LogP contribution in [0.3, 0.4) is 0 Å². The van der Waals surface area contributed by atoms with Crippen molar-refractivity contribution < 1.29 is 22.7 Å². The Morgan fingerprint density at radius 3 is 2.39 bits per heavy atom. The number of hydrogen-bond acceptors (Lipinski definition) is 5. The lowest BCUT2D eigenvalue weighted by Crippen LogP contribution is -2.28. The molecular weight excluding hydrogens is 380 g/mol. The van der Waals surface area contributed by atoms with Gasteiger partial charge in [0.25, 0.3) is 5.91 Å². The highest BCUT2D eigenvalue weighted by atomic mass is 32.2. The van der Waals surface area contributed by atoms with Crippen LogP contribution >= 0.6 is 0 Å². The highest BCUT2D eigenvalue weighted by Gasteiger charge is 2.30. The summed E-state index contributed by atoms with van der Waals surface area (Å²) in [5.74, 6) is 0.541.